The number of nitriles is 1. The molecule has 3 heterocycles. The molecule has 0 amide bonds. The minimum Gasteiger partial charge on any atom is -0.463 e. The van der Waals surface area contributed by atoms with Crippen molar-refractivity contribution in [2.45, 2.75) is 23.9 Å². The van der Waals surface area contributed by atoms with Crippen LogP contribution in [0.5, 0.6) is 0 Å². The Kier molecular flexibility index (Phi) is 4.80. The van der Waals surface area contributed by atoms with Crippen LogP contribution in [0.2, 0.25) is 0 Å². The Morgan fingerprint density at radius 3 is 2.72 bits per heavy atom. The molecular weight excluding hydrogens is 401 g/mol. The van der Waals surface area contributed by atoms with Crippen LogP contribution in [0.25, 0.3) is 22.5 Å². The van der Waals surface area contributed by atoms with Gasteiger partial charge >= 0.3 is 6.18 Å². The second kappa shape index (κ2) is 7.29. The zero-order chi connectivity index (χ0) is 20.6. The van der Waals surface area contributed by atoms with Gasteiger partial charge in [-0.2, -0.15) is 18.4 Å². The molecule has 4 aromatic rings. The van der Waals surface area contributed by atoms with Crippen LogP contribution in [-0.2, 0) is 11.9 Å². The lowest BCUT2D eigenvalue weighted by Crippen LogP contribution is -2.10. The number of nitrogens with one attached hydrogen (secondary N) is 1. The van der Waals surface area contributed by atoms with Crippen LogP contribution >= 0.6 is 11.8 Å². The summed E-state index contributed by atoms with van der Waals surface area (Å²) in [6.07, 6.45) is -3.34. The standard InChI is InChI=1S/C20H13F3N4OS/c1-11-4-5-14-15(7-11)26-18(25-14)10-29-19-12(9-24)13(20(21,22)23)8-16(27-19)17-3-2-6-28-17/h2-8H,10H2,1H3,(H,25,26). The van der Waals surface area contributed by atoms with Crippen molar-refractivity contribution in [3.63, 3.8) is 0 Å². The van der Waals surface area contributed by atoms with Crippen molar-refractivity contribution in [1.29, 1.82) is 5.26 Å². The summed E-state index contributed by atoms with van der Waals surface area (Å²) in [6.45, 7) is 1.95. The SMILES string of the molecule is Cc1ccc2nc(CSc3nc(-c4ccco4)cc(C(F)(F)F)c3C#N)[nH]c2c1. The highest BCUT2D eigenvalue weighted by molar-refractivity contribution is 7.98. The maximum Gasteiger partial charge on any atom is 0.417 e. The molecule has 9 heteroatoms. The molecule has 1 aromatic carbocycles. The zero-order valence-corrected chi connectivity index (χ0v) is 15.9. The van der Waals surface area contributed by atoms with E-state index in [4.69, 9.17) is 4.42 Å². The monoisotopic (exact) mass is 414 g/mol. The van der Waals surface area contributed by atoms with Crippen LogP contribution < -0.4 is 0 Å². The molecule has 3 aromatic heterocycles. The summed E-state index contributed by atoms with van der Waals surface area (Å²) >= 11 is 1.02. The number of hydrogen-bond donors (Lipinski definition) is 1. The van der Waals surface area contributed by atoms with E-state index in [0.717, 1.165) is 34.4 Å². The van der Waals surface area contributed by atoms with E-state index >= 15 is 0 Å². The van der Waals surface area contributed by atoms with E-state index in [1.54, 1.807) is 12.1 Å². The minimum atomic E-state index is -4.69. The van der Waals surface area contributed by atoms with E-state index in [1.807, 2.05) is 25.1 Å². The Bertz CT molecular complexity index is 1220. The number of H-pyrrole nitrogens is 1. The van der Waals surface area contributed by atoms with Gasteiger partial charge in [0.2, 0.25) is 0 Å². The number of nitrogens with zero attached hydrogens (tertiary/aromatic N) is 3. The van der Waals surface area contributed by atoms with Gasteiger partial charge in [0, 0.05) is 0 Å². The molecule has 5 nitrogen and oxygen atoms in total. The Morgan fingerprint density at radius 2 is 2.03 bits per heavy atom. The van der Waals surface area contributed by atoms with Crippen molar-refractivity contribution < 1.29 is 17.6 Å². The number of aromatic amines is 1. The molecule has 0 saturated heterocycles. The Hall–Kier alpha value is -3.25. The van der Waals surface area contributed by atoms with Crippen molar-refractivity contribution in [3.8, 4) is 17.5 Å². The fourth-order valence-electron chi connectivity index (χ4n) is 2.89. The van der Waals surface area contributed by atoms with Gasteiger partial charge in [-0.05, 0) is 42.8 Å². The number of fused-ring (bicyclic) bond motifs is 1. The van der Waals surface area contributed by atoms with E-state index in [9.17, 15) is 18.4 Å². The lowest BCUT2D eigenvalue weighted by Gasteiger charge is -2.13. The summed E-state index contributed by atoms with van der Waals surface area (Å²) in [5.74, 6) is 1.01. The number of halogens is 3. The predicted molar refractivity (Wildman–Crippen MR) is 102 cm³/mol. The molecule has 0 spiro atoms. The van der Waals surface area contributed by atoms with Gasteiger partial charge < -0.3 is 9.40 Å². The molecule has 29 heavy (non-hydrogen) atoms. The summed E-state index contributed by atoms with van der Waals surface area (Å²) in [6, 6.07) is 11.3. The molecule has 0 atom stereocenters. The highest BCUT2D eigenvalue weighted by atomic mass is 32.2. The summed E-state index contributed by atoms with van der Waals surface area (Å²) < 4.78 is 45.8. The minimum absolute atomic E-state index is 0.0176. The second-order valence-corrected chi connectivity index (χ2v) is 7.28. The first-order valence-electron chi connectivity index (χ1n) is 8.49. The maximum absolute atomic E-state index is 13.5. The van der Waals surface area contributed by atoms with Gasteiger partial charge in [-0.25, -0.2) is 9.97 Å². The number of imidazole rings is 1. The van der Waals surface area contributed by atoms with Crippen LogP contribution in [-0.4, -0.2) is 15.0 Å². The van der Waals surface area contributed by atoms with Crippen molar-refractivity contribution in [1.82, 2.24) is 15.0 Å². The maximum atomic E-state index is 13.5. The van der Waals surface area contributed by atoms with Crippen molar-refractivity contribution in [2.75, 3.05) is 0 Å². The lowest BCUT2D eigenvalue weighted by molar-refractivity contribution is -0.138. The average Bonchev–Trinajstić information content (AvgIpc) is 3.34. The smallest absolute Gasteiger partial charge is 0.417 e. The second-order valence-electron chi connectivity index (χ2n) is 6.31. The van der Waals surface area contributed by atoms with Crippen LogP contribution in [0.4, 0.5) is 13.2 Å². The Morgan fingerprint density at radius 1 is 1.21 bits per heavy atom. The first-order chi connectivity index (χ1) is 13.8. The zero-order valence-electron chi connectivity index (χ0n) is 15.0. The van der Waals surface area contributed by atoms with E-state index in [2.05, 4.69) is 15.0 Å². The van der Waals surface area contributed by atoms with Gasteiger partial charge in [-0.15, -0.1) is 0 Å². The van der Waals surface area contributed by atoms with E-state index in [1.165, 1.54) is 12.3 Å². The molecule has 0 aliphatic carbocycles. The first-order valence-corrected chi connectivity index (χ1v) is 9.48. The number of thioether (sulfide) groups is 1. The number of rotatable bonds is 4. The number of benzene rings is 1. The number of furan rings is 1. The third-order valence-electron chi connectivity index (χ3n) is 4.21. The number of hydrogen-bond acceptors (Lipinski definition) is 5. The van der Waals surface area contributed by atoms with Crippen molar-refractivity contribution in [2.24, 2.45) is 0 Å². The summed E-state index contributed by atoms with van der Waals surface area (Å²) in [5, 5.41) is 9.35. The van der Waals surface area contributed by atoms with Crippen LogP contribution in [0.3, 0.4) is 0 Å². The number of aryl methyl sites for hydroxylation is 1. The third kappa shape index (κ3) is 3.84. The lowest BCUT2D eigenvalue weighted by atomic mass is 10.1. The van der Waals surface area contributed by atoms with Crippen molar-refractivity contribution >= 4 is 22.8 Å². The van der Waals surface area contributed by atoms with E-state index in [0.29, 0.717) is 5.82 Å². The molecule has 0 bridgehead atoms. The fraction of sp³-hybridized carbons (Fsp3) is 0.150. The molecule has 0 unspecified atom stereocenters. The van der Waals surface area contributed by atoms with Crippen LogP contribution in [0.15, 0.2) is 52.1 Å². The molecule has 4 rings (SSSR count). The van der Waals surface area contributed by atoms with Crippen LogP contribution in [0, 0.1) is 18.3 Å². The molecule has 0 saturated carbocycles. The average molecular weight is 414 g/mol. The number of pyridine rings is 1. The molecule has 0 aliphatic heterocycles. The van der Waals surface area contributed by atoms with Gasteiger partial charge in [0.25, 0.3) is 0 Å². The van der Waals surface area contributed by atoms with Crippen molar-refractivity contribution in [3.05, 3.63) is 65.2 Å². The highest BCUT2D eigenvalue weighted by Crippen LogP contribution is 2.38. The molecule has 1 N–H and O–H groups in total. The molecule has 146 valence electrons. The quantitative estimate of drug-likeness (QED) is 0.433. The molecule has 0 aliphatic rings. The van der Waals surface area contributed by atoms with Gasteiger partial charge in [0.05, 0.1) is 34.2 Å². The predicted octanol–water partition coefficient (Wildman–Crippen LogP) is 5.71. The first kappa shape index (κ1) is 19.1. The number of aromatic nitrogens is 3. The van der Waals surface area contributed by atoms with E-state index < -0.39 is 17.3 Å². The van der Waals surface area contributed by atoms with Gasteiger partial charge in [0.1, 0.15) is 22.6 Å². The van der Waals surface area contributed by atoms with Gasteiger partial charge in [0.15, 0.2) is 5.76 Å². The van der Waals surface area contributed by atoms with Gasteiger partial charge in [-0.3, -0.25) is 0 Å². The summed E-state index contributed by atoms with van der Waals surface area (Å²) in [7, 11) is 0. The largest absolute Gasteiger partial charge is 0.463 e. The molecule has 0 fully saturated rings. The van der Waals surface area contributed by atoms with Gasteiger partial charge in [-0.1, -0.05) is 17.8 Å². The Labute approximate surface area is 167 Å². The summed E-state index contributed by atoms with van der Waals surface area (Å²) in [4.78, 5) is 11.8. The van der Waals surface area contributed by atoms with Crippen LogP contribution in [0.1, 0.15) is 22.5 Å². The Balaban J connectivity index is 1.73. The fourth-order valence-corrected chi connectivity index (χ4v) is 3.76. The third-order valence-corrected chi connectivity index (χ3v) is 5.20. The molecule has 0 radical (unpaired) electrons. The molecular formula is C20H13F3N4OS. The number of alkyl halides is 3. The highest BCUT2D eigenvalue weighted by Gasteiger charge is 2.36. The topological polar surface area (TPSA) is 78.5 Å². The van der Waals surface area contributed by atoms with E-state index in [-0.39, 0.29) is 22.2 Å². The normalized spacial score (nSPS) is 11.7. The summed E-state index contributed by atoms with van der Waals surface area (Å²) in [5.41, 5.74) is 1.14.